The predicted molar refractivity (Wildman–Crippen MR) is 68.6 cm³/mol. The zero-order chi connectivity index (χ0) is 14.9. The van der Waals surface area contributed by atoms with Gasteiger partial charge in [-0.2, -0.15) is 0 Å². The number of aliphatic hydroxyl groups excluding tert-OH is 2. The largest absolute Gasteiger partial charge is 0.385 e. The first kappa shape index (κ1) is 13.8. The van der Waals surface area contributed by atoms with Crippen LogP contribution in [0.25, 0.3) is 10.8 Å². The van der Waals surface area contributed by atoms with Crippen LogP contribution in [0, 0.1) is 10.1 Å². The van der Waals surface area contributed by atoms with Gasteiger partial charge in [-0.1, -0.05) is 0 Å². The second-order valence-electron chi connectivity index (χ2n) is 4.14. The Morgan fingerprint density at radius 1 is 1.30 bits per heavy atom. The molecular formula is C12H11N3O5. The van der Waals surface area contributed by atoms with Crippen LogP contribution < -0.4 is 5.73 Å². The highest BCUT2D eigenvalue weighted by Gasteiger charge is 2.26. The summed E-state index contributed by atoms with van der Waals surface area (Å²) in [5.41, 5.74) is 4.91. The zero-order valence-corrected chi connectivity index (χ0v) is 10.1. The van der Waals surface area contributed by atoms with E-state index in [4.69, 9.17) is 5.73 Å². The summed E-state index contributed by atoms with van der Waals surface area (Å²) in [5, 5.41) is 30.9. The molecule has 2 rings (SSSR count). The number of aliphatic hydroxyl groups is 2. The van der Waals surface area contributed by atoms with Crippen LogP contribution in [-0.4, -0.2) is 32.1 Å². The molecule has 104 valence electrons. The van der Waals surface area contributed by atoms with Gasteiger partial charge < -0.3 is 15.9 Å². The Morgan fingerprint density at radius 3 is 2.60 bits per heavy atom. The molecule has 0 aliphatic carbocycles. The molecule has 0 radical (unpaired) electrons. The van der Waals surface area contributed by atoms with Crippen molar-refractivity contribution < 1.29 is 19.9 Å². The van der Waals surface area contributed by atoms with Gasteiger partial charge in [-0.15, -0.1) is 0 Å². The molecule has 1 aromatic heterocycles. The molecule has 2 atom stereocenters. The van der Waals surface area contributed by atoms with Crippen molar-refractivity contribution in [1.29, 1.82) is 0 Å². The number of primary amides is 1. The lowest BCUT2D eigenvalue weighted by atomic mass is 9.97. The highest BCUT2D eigenvalue weighted by molar-refractivity contribution is 5.93. The van der Waals surface area contributed by atoms with Crippen molar-refractivity contribution in [1.82, 2.24) is 4.98 Å². The molecule has 2 aromatic rings. The molecule has 0 saturated carbocycles. The number of non-ortho nitro benzene ring substituents is 1. The number of amides is 1. The number of fused-ring (bicyclic) bond motifs is 1. The van der Waals surface area contributed by atoms with Crippen molar-refractivity contribution in [3.8, 4) is 0 Å². The average molecular weight is 277 g/mol. The SMILES string of the molecule is NC(=O)C(O)C(O)c1ccc([N+](=O)[O-])c2cnccc12. The summed E-state index contributed by atoms with van der Waals surface area (Å²) in [6, 6.07) is 3.90. The lowest BCUT2D eigenvalue weighted by molar-refractivity contribution is -0.383. The van der Waals surface area contributed by atoms with Crippen LogP contribution in [-0.2, 0) is 4.79 Å². The molecule has 0 aliphatic rings. The predicted octanol–water partition coefficient (Wildman–Crippen LogP) is 0.0226. The Bertz CT molecular complexity index is 688. The number of carbonyl (C=O) groups is 1. The number of hydrogen-bond donors (Lipinski definition) is 3. The minimum atomic E-state index is -1.80. The maximum atomic E-state index is 10.9. The second kappa shape index (κ2) is 5.19. The van der Waals surface area contributed by atoms with E-state index in [1.165, 1.54) is 30.6 Å². The number of nitrogens with zero attached hydrogens (tertiary/aromatic N) is 2. The molecule has 1 aromatic carbocycles. The molecule has 0 spiro atoms. The maximum Gasteiger partial charge on any atom is 0.278 e. The van der Waals surface area contributed by atoms with Crippen LogP contribution >= 0.6 is 0 Å². The molecule has 1 amide bonds. The first-order chi connectivity index (χ1) is 9.43. The fraction of sp³-hybridized carbons (Fsp3) is 0.167. The molecular weight excluding hydrogens is 266 g/mol. The fourth-order valence-corrected chi connectivity index (χ4v) is 1.94. The van der Waals surface area contributed by atoms with Crippen LogP contribution in [0.3, 0.4) is 0 Å². The molecule has 0 fully saturated rings. The van der Waals surface area contributed by atoms with Gasteiger partial charge in [0.15, 0.2) is 6.10 Å². The smallest absolute Gasteiger partial charge is 0.278 e. The van der Waals surface area contributed by atoms with Crippen molar-refractivity contribution in [2.24, 2.45) is 5.73 Å². The van der Waals surface area contributed by atoms with E-state index in [1.807, 2.05) is 0 Å². The molecule has 1 heterocycles. The highest BCUT2D eigenvalue weighted by Crippen LogP contribution is 2.31. The summed E-state index contributed by atoms with van der Waals surface area (Å²) in [5.74, 6) is -1.09. The molecule has 8 heteroatoms. The number of nitro groups is 1. The Balaban J connectivity index is 2.65. The maximum absolute atomic E-state index is 10.9. The number of carbonyl (C=O) groups excluding carboxylic acids is 1. The minimum Gasteiger partial charge on any atom is -0.385 e. The van der Waals surface area contributed by atoms with E-state index in [9.17, 15) is 25.1 Å². The van der Waals surface area contributed by atoms with Gasteiger partial charge in [-0.05, 0) is 23.1 Å². The van der Waals surface area contributed by atoms with Gasteiger partial charge in [0.1, 0.15) is 6.10 Å². The van der Waals surface area contributed by atoms with Crippen molar-refractivity contribution in [2.45, 2.75) is 12.2 Å². The summed E-state index contributed by atoms with van der Waals surface area (Å²) in [7, 11) is 0. The summed E-state index contributed by atoms with van der Waals surface area (Å²) in [6.45, 7) is 0. The summed E-state index contributed by atoms with van der Waals surface area (Å²) in [6.07, 6.45) is -0.703. The van der Waals surface area contributed by atoms with E-state index in [2.05, 4.69) is 4.98 Å². The van der Waals surface area contributed by atoms with Crippen molar-refractivity contribution >= 4 is 22.4 Å². The van der Waals surface area contributed by atoms with E-state index in [0.29, 0.717) is 5.39 Å². The van der Waals surface area contributed by atoms with Crippen molar-refractivity contribution in [2.75, 3.05) is 0 Å². The molecule has 20 heavy (non-hydrogen) atoms. The molecule has 8 nitrogen and oxygen atoms in total. The first-order valence-electron chi connectivity index (χ1n) is 5.60. The van der Waals surface area contributed by atoms with Gasteiger partial charge in [-0.25, -0.2) is 0 Å². The highest BCUT2D eigenvalue weighted by atomic mass is 16.6. The number of rotatable bonds is 4. The van der Waals surface area contributed by atoms with Gasteiger partial charge >= 0.3 is 0 Å². The number of pyridine rings is 1. The normalized spacial score (nSPS) is 13.9. The van der Waals surface area contributed by atoms with Crippen molar-refractivity contribution in [3.05, 3.63) is 46.3 Å². The summed E-state index contributed by atoms with van der Waals surface area (Å²) in [4.78, 5) is 25.1. The molecule has 4 N–H and O–H groups in total. The summed E-state index contributed by atoms with van der Waals surface area (Å²) < 4.78 is 0. The van der Waals surface area contributed by atoms with Gasteiger partial charge in [0, 0.05) is 18.5 Å². The van der Waals surface area contributed by atoms with Crippen LogP contribution in [0.15, 0.2) is 30.6 Å². The van der Waals surface area contributed by atoms with Crippen LogP contribution in [0.1, 0.15) is 11.7 Å². The number of benzene rings is 1. The van der Waals surface area contributed by atoms with E-state index < -0.39 is 23.0 Å². The number of nitrogens with two attached hydrogens (primary N) is 1. The standard InChI is InChI=1S/C12H11N3O5/c13-12(18)11(17)10(16)7-1-2-9(15(19)20)8-5-14-4-3-6(7)8/h1-5,10-11,16-17H,(H2,13,18). The van der Waals surface area contributed by atoms with Gasteiger partial charge in [0.25, 0.3) is 5.69 Å². The Kier molecular flexibility index (Phi) is 3.59. The molecule has 2 unspecified atom stereocenters. The van der Waals surface area contributed by atoms with Crippen LogP contribution in [0.2, 0.25) is 0 Å². The first-order valence-corrected chi connectivity index (χ1v) is 5.60. The van der Waals surface area contributed by atoms with Gasteiger partial charge in [0.05, 0.1) is 10.3 Å². The zero-order valence-electron chi connectivity index (χ0n) is 10.1. The quantitative estimate of drug-likeness (QED) is 0.531. The molecule has 0 aliphatic heterocycles. The van der Waals surface area contributed by atoms with Gasteiger partial charge in [-0.3, -0.25) is 19.9 Å². The number of nitro benzene ring substituents is 1. The third-order valence-electron chi connectivity index (χ3n) is 2.93. The fourth-order valence-electron chi connectivity index (χ4n) is 1.94. The molecule has 0 bridgehead atoms. The van der Waals surface area contributed by atoms with Crippen LogP contribution in [0.4, 0.5) is 5.69 Å². The van der Waals surface area contributed by atoms with Crippen molar-refractivity contribution in [3.63, 3.8) is 0 Å². The Morgan fingerprint density at radius 2 is 2.00 bits per heavy atom. The van der Waals surface area contributed by atoms with E-state index >= 15 is 0 Å². The Hall–Kier alpha value is -2.58. The number of aromatic nitrogens is 1. The van der Waals surface area contributed by atoms with E-state index in [0.717, 1.165) is 0 Å². The third kappa shape index (κ3) is 2.29. The molecule has 0 saturated heterocycles. The third-order valence-corrected chi connectivity index (χ3v) is 2.93. The van der Waals surface area contributed by atoms with Gasteiger partial charge in [0.2, 0.25) is 5.91 Å². The number of hydrogen-bond acceptors (Lipinski definition) is 6. The topological polar surface area (TPSA) is 140 Å². The second-order valence-corrected chi connectivity index (χ2v) is 4.14. The lowest BCUT2D eigenvalue weighted by Gasteiger charge is -2.17. The summed E-state index contributed by atoms with van der Waals surface area (Å²) >= 11 is 0. The van der Waals surface area contributed by atoms with Crippen LogP contribution in [0.5, 0.6) is 0 Å². The Labute approximate surface area is 112 Å². The van der Waals surface area contributed by atoms with E-state index in [-0.39, 0.29) is 16.6 Å². The lowest BCUT2D eigenvalue weighted by Crippen LogP contribution is -2.33. The monoisotopic (exact) mass is 277 g/mol. The minimum absolute atomic E-state index is 0.166. The average Bonchev–Trinajstić information content (AvgIpc) is 2.44. The van der Waals surface area contributed by atoms with E-state index in [1.54, 1.807) is 0 Å².